The highest BCUT2D eigenvalue weighted by molar-refractivity contribution is 14.0. The third-order valence-corrected chi connectivity index (χ3v) is 3.53. The lowest BCUT2D eigenvalue weighted by atomic mass is 10.2. The quantitative estimate of drug-likeness (QED) is 0.210. The van der Waals surface area contributed by atoms with Crippen LogP contribution in [-0.4, -0.2) is 43.4 Å². The maximum atomic E-state index is 11.6. The molecule has 0 amide bonds. The number of aliphatic imine (C=N–C) groups is 1. The molecule has 0 spiro atoms. The number of rotatable bonds is 12. The molecule has 0 aliphatic carbocycles. The van der Waals surface area contributed by atoms with E-state index in [-0.39, 0.29) is 29.5 Å². The van der Waals surface area contributed by atoms with Crippen LogP contribution in [0, 0.1) is 5.92 Å². The first-order valence-electron chi connectivity index (χ1n) is 9.39. The number of guanidine groups is 1. The van der Waals surface area contributed by atoms with E-state index in [1.54, 1.807) is 16.7 Å². The highest BCUT2D eigenvalue weighted by atomic mass is 127. The molecule has 0 aliphatic rings. The summed E-state index contributed by atoms with van der Waals surface area (Å²) in [4.78, 5) is 16.2. The molecule has 0 radical (unpaired) electrons. The standard InChI is InChI=1S/C19H34N4O2.HI/c1-4-20-19(22-12-9-15-25-16-17(2)3)21-11-6-8-14-23-13-7-5-10-18(23)24;/h5,7,10,13,17H,4,6,8-9,11-12,14-16H2,1-3H3,(H2,20,21,22);1H. The van der Waals surface area contributed by atoms with Gasteiger partial charge in [-0.25, -0.2) is 0 Å². The van der Waals surface area contributed by atoms with Gasteiger partial charge in [0.1, 0.15) is 0 Å². The molecule has 0 bridgehead atoms. The zero-order chi connectivity index (χ0) is 18.3. The van der Waals surface area contributed by atoms with Gasteiger partial charge >= 0.3 is 0 Å². The van der Waals surface area contributed by atoms with Gasteiger partial charge in [0.2, 0.25) is 5.56 Å². The predicted molar refractivity (Wildman–Crippen MR) is 120 cm³/mol. The molecule has 1 aromatic heterocycles. The van der Waals surface area contributed by atoms with E-state index in [2.05, 4.69) is 36.4 Å². The summed E-state index contributed by atoms with van der Waals surface area (Å²) >= 11 is 0. The average molecular weight is 478 g/mol. The minimum Gasteiger partial charge on any atom is -0.381 e. The summed E-state index contributed by atoms with van der Waals surface area (Å²) in [5.74, 6) is 1.43. The normalized spacial score (nSPS) is 11.3. The largest absolute Gasteiger partial charge is 0.381 e. The van der Waals surface area contributed by atoms with E-state index in [1.807, 2.05) is 12.3 Å². The third-order valence-electron chi connectivity index (χ3n) is 3.53. The molecule has 0 aromatic carbocycles. The van der Waals surface area contributed by atoms with Crippen LogP contribution in [0.3, 0.4) is 0 Å². The molecule has 26 heavy (non-hydrogen) atoms. The molecule has 0 unspecified atom stereocenters. The van der Waals surface area contributed by atoms with Crippen molar-refractivity contribution in [2.75, 3.05) is 32.8 Å². The van der Waals surface area contributed by atoms with E-state index in [1.165, 1.54) is 0 Å². The van der Waals surface area contributed by atoms with Crippen molar-refractivity contribution in [1.29, 1.82) is 0 Å². The van der Waals surface area contributed by atoms with Crippen LogP contribution < -0.4 is 16.2 Å². The SMILES string of the molecule is CCNC(=NCCCOCC(C)C)NCCCCn1ccccc1=O.I. The Kier molecular flexibility index (Phi) is 15.4. The molecule has 0 atom stereocenters. The summed E-state index contributed by atoms with van der Waals surface area (Å²) in [6, 6.07) is 5.26. The number of nitrogens with one attached hydrogen (secondary N) is 2. The first-order valence-corrected chi connectivity index (χ1v) is 9.39. The van der Waals surface area contributed by atoms with Crippen molar-refractivity contribution in [3.8, 4) is 0 Å². The first kappa shape index (κ1) is 24.9. The Bertz CT molecular complexity index is 546. The van der Waals surface area contributed by atoms with Crippen LogP contribution in [0.1, 0.15) is 40.0 Å². The highest BCUT2D eigenvalue weighted by Crippen LogP contribution is 1.94. The molecule has 6 nitrogen and oxygen atoms in total. The molecule has 1 aromatic rings. The Hall–Kier alpha value is -1.09. The summed E-state index contributed by atoms with van der Waals surface area (Å²) in [6.07, 6.45) is 4.71. The molecular weight excluding hydrogens is 443 g/mol. The van der Waals surface area contributed by atoms with Gasteiger partial charge in [-0.05, 0) is 38.2 Å². The van der Waals surface area contributed by atoms with E-state index >= 15 is 0 Å². The Morgan fingerprint density at radius 3 is 2.73 bits per heavy atom. The second-order valence-electron chi connectivity index (χ2n) is 6.45. The summed E-state index contributed by atoms with van der Waals surface area (Å²) < 4.78 is 7.31. The van der Waals surface area contributed by atoms with Crippen LogP contribution in [0.15, 0.2) is 34.2 Å². The van der Waals surface area contributed by atoms with Crippen molar-refractivity contribution in [2.45, 2.75) is 46.6 Å². The fourth-order valence-corrected chi connectivity index (χ4v) is 2.28. The van der Waals surface area contributed by atoms with Crippen LogP contribution in [0.5, 0.6) is 0 Å². The van der Waals surface area contributed by atoms with Gasteiger partial charge in [0.15, 0.2) is 5.96 Å². The maximum absolute atomic E-state index is 11.6. The fraction of sp³-hybridized carbons (Fsp3) is 0.684. The van der Waals surface area contributed by atoms with Gasteiger partial charge in [-0.1, -0.05) is 19.9 Å². The molecule has 1 heterocycles. The zero-order valence-electron chi connectivity index (χ0n) is 16.4. The third kappa shape index (κ3) is 12.3. The van der Waals surface area contributed by atoms with Crippen molar-refractivity contribution in [1.82, 2.24) is 15.2 Å². The van der Waals surface area contributed by atoms with Gasteiger partial charge in [-0.2, -0.15) is 0 Å². The molecular formula is C19H35IN4O2. The molecule has 2 N–H and O–H groups in total. The van der Waals surface area contributed by atoms with Crippen LogP contribution in [0.25, 0.3) is 0 Å². The number of halogens is 1. The fourth-order valence-electron chi connectivity index (χ4n) is 2.28. The lowest BCUT2D eigenvalue weighted by Gasteiger charge is -2.12. The molecule has 150 valence electrons. The van der Waals surface area contributed by atoms with E-state index in [0.29, 0.717) is 5.92 Å². The number of hydrogen-bond acceptors (Lipinski definition) is 3. The highest BCUT2D eigenvalue weighted by Gasteiger charge is 1.98. The molecule has 0 fully saturated rings. The molecule has 0 saturated heterocycles. The maximum Gasteiger partial charge on any atom is 0.250 e. The summed E-state index contributed by atoms with van der Waals surface area (Å²) in [7, 11) is 0. The Morgan fingerprint density at radius 1 is 1.23 bits per heavy atom. The van der Waals surface area contributed by atoms with Gasteiger partial charge in [-0.15, -0.1) is 24.0 Å². The second kappa shape index (κ2) is 16.1. The number of ether oxygens (including phenoxy) is 1. The number of aryl methyl sites for hydroxylation is 1. The summed E-state index contributed by atoms with van der Waals surface area (Å²) in [5.41, 5.74) is 0.0602. The number of hydrogen-bond donors (Lipinski definition) is 2. The van der Waals surface area contributed by atoms with Crippen molar-refractivity contribution in [3.05, 3.63) is 34.7 Å². The lowest BCUT2D eigenvalue weighted by molar-refractivity contribution is 0.109. The van der Waals surface area contributed by atoms with Crippen LogP contribution in [-0.2, 0) is 11.3 Å². The van der Waals surface area contributed by atoms with Gasteiger partial charge in [0.25, 0.3) is 0 Å². The summed E-state index contributed by atoms with van der Waals surface area (Å²) in [6.45, 7) is 11.1. The number of nitrogens with zero attached hydrogens (tertiary/aromatic N) is 2. The van der Waals surface area contributed by atoms with Gasteiger partial charge in [-0.3, -0.25) is 9.79 Å². The minimum absolute atomic E-state index is 0. The lowest BCUT2D eigenvalue weighted by Crippen LogP contribution is -2.38. The van der Waals surface area contributed by atoms with E-state index in [0.717, 1.165) is 64.6 Å². The topological polar surface area (TPSA) is 67.7 Å². The van der Waals surface area contributed by atoms with Crippen molar-refractivity contribution >= 4 is 29.9 Å². The van der Waals surface area contributed by atoms with Gasteiger partial charge in [0, 0.05) is 51.7 Å². The van der Waals surface area contributed by atoms with Crippen LogP contribution >= 0.6 is 24.0 Å². The zero-order valence-corrected chi connectivity index (χ0v) is 18.7. The minimum atomic E-state index is 0. The summed E-state index contributed by atoms with van der Waals surface area (Å²) in [5, 5.41) is 6.59. The Balaban J connectivity index is 0.00000625. The molecule has 1 rings (SSSR count). The van der Waals surface area contributed by atoms with E-state index in [9.17, 15) is 4.79 Å². The van der Waals surface area contributed by atoms with Crippen molar-refractivity contribution in [2.24, 2.45) is 10.9 Å². The molecule has 7 heteroatoms. The Morgan fingerprint density at radius 2 is 2.04 bits per heavy atom. The van der Waals surface area contributed by atoms with Crippen LogP contribution in [0.4, 0.5) is 0 Å². The number of unbranched alkanes of at least 4 members (excludes halogenated alkanes) is 1. The van der Waals surface area contributed by atoms with E-state index in [4.69, 9.17) is 4.74 Å². The molecule has 0 aliphatic heterocycles. The van der Waals surface area contributed by atoms with Crippen LogP contribution in [0.2, 0.25) is 0 Å². The first-order chi connectivity index (χ1) is 12.1. The predicted octanol–water partition coefficient (Wildman–Crippen LogP) is 2.86. The van der Waals surface area contributed by atoms with E-state index < -0.39 is 0 Å². The smallest absolute Gasteiger partial charge is 0.250 e. The number of aromatic nitrogens is 1. The second-order valence-corrected chi connectivity index (χ2v) is 6.45. The van der Waals surface area contributed by atoms with Gasteiger partial charge < -0.3 is 19.9 Å². The monoisotopic (exact) mass is 478 g/mol. The Labute approximate surface area is 174 Å². The molecule has 0 saturated carbocycles. The van der Waals surface area contributed by atoms with Crippen molar-refractivity contribution < 1.29 is 4.74 Å². The number of pyridine rings is 1. The average Bonchev–Trinajstić information content (AvgIpc) is 2.58. The van der Waals surface area contributed by atoms with Crippen molar-refractivity contribution in [3.63, 3.8) is 0 Å². The van der Waals surface area contributed by atoms with Gasteiger partial charge in [0.05, 0.1) is 0 Å².